The molecule has 0 aliphatic rings. The molecule has 7 heteroatoms. The number of hydrogen-bond donors (Lipinski definition) is 3. The lowest BCUT2D eigenvalue weighted by atomic mass is 10.1. The minimum absolute atomic E-state index is 0.0213. The van der Waals surface area contributed by atoms with Crippen LogP contribution in [0.25, 0.3) is 0 Å². The molecule has 138 valence electrons. The lowest BCUT2D eigenvalue weighted by molar-refractivity contribution is 0.0954. The van der Waals surface area contributed by atoms with E-state index in [9.17, 15) is 14.0 Å². The summed E-state index contributed by atoms with van der Waals surface area (Å²) in [5.41, 5.74) is 1.91. The van der Waals surface area contributed by atoms with E-state index in [1.807, 2.05) is 13.8 Å². The topological polar surface area (TPSA) is 70.2 Å². The Morgan fingerprint density at radius 3 is 2.62 bits per heavy atom. The molecule has 0 heterocycles. The van der Waals surface area contributed by atoms with Crippen LogP contribution in [0, 0.1) is 5.82 Å². The van der Waals surface area contributed by atoms with Crippen molar-refractivity contribution in [2.24, 2.45) is 0 Å². The maximum absolute atomic E-state index is 13.2. The Bertz CT molecular complexity index is 796. The third-order valence-corrected chi connectivity index (χ3v) is 4.09. The van der Waals surface area contributed by atoms with Crippen LogP contribution in [0.3, 0.4) is 0 Å². The molecule has 0 spiro atoms. The van der Waals surface area contributed by atoms with Crippen LogP contribution in [0.15, 0.2) is 46.9 Å². The molecule has 3 N–H and O–H groups in total. The Morgan fingerprint density at radius 2 is 1.92 bits per heavy atom. The first-order valence-electron chi connectivity index (χ1n) is 8.25. The molecular formula is C19H21BrFN3O2. The largest absolute Gasteiger partial charge is 0.352 e. The molecule has 0 saturated heterocycles. The molecule has 0 aliphatic carbocycles. The van der Waals surface area contributed by atoms with Crippen LogP contribution >= 0.6 is 15.9 Å². The Morgan fingerprint density at radius 1 is 1.15 bits per heavy atom. The van der Waals surface area contributed by atoms with Gasteiger partial charge in [-0.25, -0.2) is 9.18 Å². The fourth-order valence-electron chi connectivity index (χ4n) is 2.29. The van der Waals surface area contributed by atoms with E-state index in [-0.39, 0.29) is 23.8 Å². The van der Waals surface area contributed by atoms with Gasteiger partial charge >= 0.3 is 6.03 Å². The van der Waals surface area contributed by atoms with Crippen LogP contribution in [-0.4, -0.2) is 24.5 Å². The zero-order chi connectivity index (χ0) is 19.1. The van der Waals surface area contributed by atoms with Gasteiger partial charge in [-0.1, -0.05) is 12.1 Å². The Balaban J connectivity index is 1.89. The summed E-state index contributed by atoms with van der Waals surface area (Å²) in [4.78, 5) is 24.0. The molecule has 2 rings (SSSR count). The summed E-state index contributed by atoms with van der Waals surface area (Å²) in [6, 6.07) is 11.2. The van der Waals surface area contributed by atoms with Gasteiger partial charge in [-0.15, -0.1) is 0 Å². The summed E-state index contributed by atoms with van der Waals surface area (Å²) in [6.07, 6.45) is 0.583. The number of halogens is 2. The molecule has 0 fully saturated rings. The van der Waals surface area contributed by atoms with Gasteiger partial charge in [0.2, 0.25) is 0 Å². The van der Waals surface area contributed by atoms with Gasteiger partial charge in [0, 0.05) is 23.8 Å². The van der Waals surface area contributed by atoms with Crippen molar-refractivity contribution in [1.29, 1.82) is 0 Å². The average Bonchev–Trinajstić information content (AvgIpc) is 2.57. The second kappa shape index (κ2) is 9.33. The molecule has 2 aromatic carbocycles. The summed E-state index contributed by atoms with van der Waals surface area (Å²) >= 11 is 3.14. The first-order valence-corrected chi connectivity index (χ1v) is 9.04. The maximum Gasteiger partial charge on any atom is 0.319 e. The lowest BCUT2D eigenvalue weighted by Crippen LogP contribution is -2.34. The third-order valence-electron chi connectivity index (χ3n) is 3.49. The molecule has 5 nitrogen and oxygen atoms in total. The van der Waals surface area contributed by atoms with Crippen LogP contribution in [0.1, 0.15) is 29.8 Å². The van der Waals surface area contributed by atoms with Crippen LogP contribution < -0.4 is 16.0 Å². The normalized spacial score (nSPS) is 10.5. The summed E-state index contributed by atoms with van der Waals surface area (Å²) in [6.45, 7) is 4.15. The zero-order valence-corrected chi connectivity index (χ0v) is 16.2. The summed E-state index contributed by atoms with van der Waals surface area (Å²) in [5.74, 6) is -0.553. The Kier molecular flexibility index (Phi) is 7.15. The van der Waals surface area contributed by atoms with E-state index in [1.165, 1.54) is 6.07 Å². The molecule has 0 bridgehead atoms. The van der Waals surface area contributed by atoms with Gasteiger partial charge < -0.3 is 16.0 Å². The fraction of sp³-hybridized carbons (Fsp3) is 0.263. The molecular weight excluding hydrogens is 401 g/mol. The highest BCUT2D eigenvalue weighted by molar-refractivity contribution is 9.10. The predicted molar refractivity (Wildman–Crippen MR) is 104 cm³/mol. The standard InChI is InChI=1S/C19H21BrFN3O2/c1-12(2)23-19(26)24-15-5-3-4-14(11-15)18(25)22-9-8-13-6-7-17(21)16(20)10-13/h3-7,10-12H,8-9H2,1-2H3,(H,22,25)(H2,23,24,26). The highest BCUT2D eigenvalue weighted by atomic mass is 79.9. The van der Waals surface area contributed by atoms with Gasteiger partial charge in [0.1, 0.15) is 5.82 Å². The van der Waals surface area contributed by atoms with Crippen LogP contribution in [-0.2, 0) is 6.42 Å². The molecule has 2 aromatic rings. The van der Waals surface area contributed by atoms with E-state index >= 15 is 0 Å². The number of urea groups is 1. The number of carbonyl (C=O) groups is 2. The van der Waals surface area contributed by atoms with Crippen LogP contribution in [0.5, 0.6) is 0 Å². The van der Waals surface area contributed by atoms with Crippen molar-refractivity contribution < 1.29 is 14.0 Å². The number of carbonyl (C=O) groups excluding carboxylic acids is 2. The van der Waals surface area contributed by atoms with Crippen LogP contribution in [0.2, 0.25) is 0 Å². The van der Waals surface area contributed by atoms with E-state index in [4.69, 9.17) is 0 Å². The first-order chi connectivity index (χ1) is 12.3. The number of hydrogen-bond acceptors (Lipinski definition) is 2. The molecule has 0 atom stereocenters. The molecule has 0 radical (unpaired) electrons. The molecule has 0 aliphatic heterocycles. The van der Waals surface area contributed by atoms with E-state index in [0.717, 1.165) is 5.56 Å². The highest BCUT2D eigenvalue weighted by Crippen LogP contribution is 2.17. The number of benzene rings is 2. The third kappa shape index (κ3) is 6.15. The molecule has 26 heavy (non-hydrogen) atoms. The average molecular weight is 422 g/mol. The zero-order valence-electron chi connectivity index (χ0n) is 14.6. The van der Waals surface area contributed by atoms with Crippen molar-refractivity contribution in [1.82, 2.24) is 10.6 Å². The van der Waals surface area contributed by atoms with Gasteiger partial charge in [0.25, 0.3) is 5.91 Å². The van der Waals surface area contributed by atoms with Crippen molar-refractivity contribution in [3.63, 3.8) is 0 Å². The Labute approximate surface area is 160 Å². The van der Waals surface area contributed by atoms with E-state index in [1.54, 1.807) is 36.4 Å². The predicted octanol–water partition coefficient (Wildman–Crippen LogP) is 4.09. The highest BCUT2D eigenvalue weighted by Gasteiger charge is 2.08. The van der Waals surface area contributed by atoms with E-state index in [0.29, 0.717) is 28.7 Å². The minimum Gasteiger partial charge on any atom is -0.352 e. The minimum atomic E-state index is -0.320. The maximum atomic E-state index is 13.2. The van der Waals surface area contributed by atoms with Gasteiger partial charge in [0.15, 0.2) is 0 Å². The van der Waals surface area contributed by atoms with Gasteiger partial charge in [-0.05, 0) is 72.1 Å². The second-order valence-corrected chi connectivity index (χ2v) is 6.94. The molecule has 0 aromatic heterocycles. The van der Waals surface area contributed by atoms with Crippen molar-refractivity contribution in [2.45, 2.75) is 26.3 Å². The summed E-state index contributed by atoms with van der Waals surface area (Å²) in [5, 5.41) is 8.23. The number of anilines is 1. The lowest BCUT2D eigenvalue weighted by Gasteiger charge is -2.11. The molecule has 0 unspecified atom stereocenters. The fourth-order valence-corrected chi connectivity index (χ4v) is 2.71. The number of rotatable bonds is 6. The number of nitrogens with one attached hydrogen (secondary N) is 3. The summed E-state index contributed by atoms with van der Waals surface area (Å²) in [7, 11) is 0. The van der Waals surface area contributed by atoms with Crippen molar-refractivity contribution in [3.05, 3.63) is 63.9 Å². The molecule has 3 amide bonds. The quantitative estimate of drug-likeness (QED) is 0.657. The van der Waals surface area contributed by atoms with E-state index in [2.05, 4.69) is 31.9 Å². The van der Waals surface area contributed by atoms with Crippen molar-refractivity contribution in [2.75, 3.05) is 11.9 Å². The van der Waals surface area contributed by atoms with Crippen LogP contribution in [0.4, 0.5) is 14.9 Å². The second-order valence-electron chi connectivity index (χ2n) is 6.09. The first kappa shape index (κ1) is 19.9. The van der Waals surface area contributed by atoms with Crippen molar-refractivity contribution >= 4 is 33.6 Å². The van der Waals surface area contributed by atoms with Gasteiger partial charge in [0.05, 0.1) is 4.47 Å². The number of amides is 3. The molecule has 0 saturated carbocycles. The monoisotopic (exact) mass is 421 g/mol. The summed E-state index contributed by atoms with van der Waals surface area (Å²) < 4.78 is 13.6. The van der Waals surface area contributed by atoms with Gasteiger partial charge in [-0.2, -0.15) is 0 Å². The van der Waals surface area contributed by atoms with E-state index < -0.39 is 0 Å². The Hall–Kier alpha value is -2.41. The SMILES string of the molecule is CC(C)NC(=O)Nc1cccc(C(=O)NCCc2ccc(F)c(Br)c2)c1. The van der Waals surface area contributed by atoms with Gasteiger partial charge in [-0.3, -0.25) is 4.79 Å². The smallest absolute Gasteiger partial charge is 0.319 e. The van der Waals surface area contributed by atoms with Crippen molar-refractivity contribution in [3.8, 4) is 0 Å².